The number of para-hydroxylation sites is 1. The van der Waals surface area contributed by atoms with Gasteiger partial charge in [-0.2, -0.15) is 5.26 Å². The molecule has 1 atom stereocenters. The number of benzene rings is 2. The summed E-state index contributed by atoms with van der Waals surface area (Å²) in [6, 6.07) is 15.3. The minimum Gasteiger partial charge on any atom is -0.496 e. The van der Waals surface area contributed by atoms with Crippen molar-refractivity contribution in [3.63, 3.8) is 0 Å². The number of amides is 1. The van der Waals surface area contributed by atoms with Gasteiger partial charge in [-0.15, -0.1) is 0 Å². The van der Waals surface area contributed by atoms with Crippen molar-refractivity contribution in [3.05, 3.63) is 59.2 Å². The third kappa shape index (κ3) is 4.74. The predicted molar refractivity (Wildman–Crippen MR) is 126 cm³/mol. The van der Waals surface area contributed by atoms with Crippen molar-refractivity contribution >= 4 is 23.4 Å². The summed E-state index contributed by atoms with van der Waals surface area (Å²) in [7, 11) is 1.62. The Morgan fingerprint density at radius 2 is 2.03 bits per heavy atom. The topological polar surface area (TPSA) is 65.4 Å². The number of rotatable bonds is 6. The Morgan fingerprint density at radius 3 is 2.65 bits per heavy atom. The van der Waals surface area contributed by atoms with Crippen LogP contribution in [0.3, 0.4) is 0 Å². The molecule has 162 valence electrons. The van der Waals surface area contributed by atoms with Gasteiger partial charge in [-0.3, -0.25) is 4.79 Å². The average molecular weight is 418 g/mol. The van der Waals surface area contributed by atoms with E-state index in [9.17, 15) is 10.1 Å². The Labute approximate surface area is 185 Å². The molecule has 0 spiro atoms. The van der Waals surface area contributed by atoms with Gasteiger partial charge < -0.3 is 15.0 Å². The Kier molecular flexibility index (Phi) is 6.70. The van der Waals surface area contributed by atoms with Crippen molar-refractivity contribution in [2.45, 2.75) is 52.0 Å². The number of anilines is 2. The minimum atomic E-state index is -0.435. The Bertz CT molecular complexity index is 1020. The van der Waals surface area contributed by atoms with Crippen LogP contribution in [-0.4, -0.2) is 25.1 Å². The zero-order valence-electron chi connectivity index (χ0n) is 19.0. The van der Waals surface area contributed by atoms with E-state index in [-0.39, 0.29) is 11.1 Å². The van der Waals surface area contributed by atoms with Gasteiger partial charge in [0, 0.05) is 35.1 Å². The fourth-order valence-electron chi connectivity index (χ4n) is 4.49. The predicted octanol–water partition coefficient (Wildman–Crippen LogP) is 5.74. The van der Waals surface area contributed by atoms with Gasteiger partial charge in [0.05, 0.1) is 7.11 Å². The quantitative estimate of drug-likeness (QED) is 0.480. The standard InChI is InChI=1S/C26H31N3O2/c1-6-12-29-23-15-24(31-5)19(14-22(23)18(2)16-26(29,3)4)13-20(17-27)25(30)28-21-10-8-7-9-11-21/h7-11,13-15,18H,6,12,16H2,1-5H3,(H,28,30)/b20-13+. The number of ether oxygens (including phenoxy) is 1. The lowest BCUT2D eigenvalue weighted by Gasteiger charge is -2.47. The van der Waals surface area contributed by atoms with Gasteiger partial charge in [-0.1, -0.05) is 32.0 Å². The summed E-state index contributed by atoms with van der Waals surface area (Å²) >= 11 is 0. The van der Waals surface area contributed by atoms with Crippen LogP contribution in [0.25, 0.3) is 6.08 Å². The normalized spacial score (nSPS) is 17.5. The third-order valence-corrected chi connectivity index (χ3v) is 5.88. The van der Waals surface area contributed by atoms with Crippen LogP contribution in [0, 0.1) is 11.3 Å². The second-order valence-corrected chi connectivity index (χ2v) is 8.71. The van der Waals surface area contributed by atoms with Gasteiger partial charge in [0.15, 0.2) is 0 Å². The third-order valence-electron chi connectivity index (χ3n) is 5.88. The molecule has 0 aromatic heterocycles. The highest BCUT2D eigenvalue weighted by Gasteiger charge is 2.36. The van der Waals surface area contributed by atoms with E-state index in [1.54, 1.807) is 25.3 Å². The first-order chi connectivity index (χ1) is 14.8. The molecule has 1 unspecified atom stereocenters. The Morgan fingerprint density at radius 1 is 1.32 bits per heavy atom. The highest BCUT2D eigenvalue weighted by atomic mass is 16.5. The van der Waals surface area contributed by atoms with Gasteiger partial charge in [-0.25, -0.2) is 0 Å². The number of nitrogens with one attached hydrogen (secondary N) is 1. The Hall–Kier alpha value is -3.26. The number of nitrogens with zero attached hydrogens (tertiary/aromatic N) is 2. The highest BCUT2D eigenvalue weighted by molar-refractivity contribution is 6.09. The minimum absolute atomic E-state index is 0.0382. The molecular weight excluding hydrogens is 386 g/mol. The van der Waals surface area contributed by atoms with Crippen molar-refractivity contribution in [1.82, 2.24) is 0 Å². The molecule has 31 heavy (non-hydrogen) atoms. The molecule has 3 rings (SSSR count). The monoisotopic (exact) mass is 417 g/mol. The van der Waals surface area contributed by atoms with Crippen LogP contribution in [0.15, 0.2) is 48.0 Å². The lowest BCUT2D eigenvalue weighted by molar-refractivity contribution is -0.112. The zero-order chi connectivity index (χ0) is 22.6. The molecule has 0 radical (unpaired) electrons. The maximum Gasteiger partial charge on any atom is 0.266 e. The number of carbonyl (C=O) groups is 1. The zero-order valence-corrected chi connectivity index (χ0v) is 19.0. The lowest BCUT2D eigenvalue weighted by atomic mass is 9.79. The second kappa shape index (κ2) is 9.26. The molecule has 1 aliphatic heterocycles. The van der Waals surface area contributed by atoms with E-state index in [4.69, 9.17) is 4.74 Å². The largest absolute Gasteiger partial charge is 0.496 e. The first kappa shape index (κ1) is 22.4. The molecule has 0 saturated heterocycles. The van der Waals surface area contributed by atoms with Crippen molar-refractivity contribution in [2.75, 3.05) is 23.9 Å². The Balaban J connectivity index is 2.02. The maximum absolute atomic E-state index is 12.7. The van der Waals surface area contributed by atoms with Crippen molar-refractivity contribution in [1.29, 1.82) is 5.26 Å². The SMILES string of the molecule is CCCN1c2cc(OC)c(/C=C(\C#N)C(=O)Nc3ccccc3)cc2C(C)CC1(C)C. The lowest BCUT2D eigenvalue weighted by Crippen LogP contribution is -2.48. The number of hydrogen-bond donors (Lipinski definition) is 1. The highest BCUT2D eigenvalue weighted by Crippen LogP contribution is 2.46. The van der Waals surface area contributed by atoms with E-state index < -0.39 is 5.91 Å². The number of carbonyl (C=O) groups excluding carboxylic acids is 1. The molecular formula is C26H31N3O2. The fourth-order valence-corrected chi connectivity index (χ4v) is 4.49. The number of methoxy groups -OCH3 is 1. The molecule has 1 heterocycles. The van der Waals surface area contributed by atoms with Gasteiger partial charge in [-0.05, 0) is 62.4 Å². The molecule has 2 aromatic carbocycles. The molecule has 1 aliphatic rings. The molecule has 0 saturated carbocycles. The van der Waals surface area contributed by atoms with Gasteiger partial charge in [0.2, 0.25) is 0 Å². The molecule has 0 fully saturated rings. The summed E-state index contributed by atoms with van der Waals surface area (Å²) in [5.74, 6) is 0.583. The van der Waals surface area contributed by atoms with Crippen molar-refractivity contribution < 1.29 is 9.53 Å². The van der Waals surface area contributed by atoms with E-state index in [1.807, 2.05) is 24.3 Å². The molecule has 1 N–H and O–H groups in total. The van der Waals surface area contributed by atoms with E-state index in [2.05, 4.69) is 50.0 Å². The summed E-state index contributed by atoms with van der Waals surface area (Å²) in [6.07, 6.45) is 3.71. The summed E-state index contributed by atoms with van der Waals surface area (Å²) in [6.45, 7) is 9.95. The van der Waals surface area contributed by atoms with Crippen molar-refractivity contribution in [3.8, 4) is 11.8 Å². The summed E-state index contributed by atoms with van der Waals surface area (Å²) in [5.41, 5.74) is 3.88. The molecule has 0 aliphatic carbocycles. The molecule has 5 nitrogen and oxygen atoms in total. The van der Waals surface area contributed by atoms with Gasteiger partial charge in [0.1, 0.15) is 17.4 Å². The number of fused-ring (bicyclic) bond motifs is 1. The summed E-state index contributed by atoms with van der Waals surface area (Å²) < 4.78 is 5.67. The van der Waals surface area contributed by atoms with Crippen LogP contribution >= 0.6 is 0 Å². The van der Waals surface area contributed by atoms with Crippen LogP contribution in [0.4, 0.5) is 11.4 Å². The van der Waals surface area contributed by atoms with Crippen LogP contribution in [0.5, 0.6) is 5.75 Å². The second-order valence-electron chi connectivity index (χ2n) is 8.71. The average Bonchev–Trinajstić information content (AvgIpc) is 2.74. The number of nitriles is 1. The van der Waals surface area contributed by atoms with E-state index in [0.29, 0.717) is 17.4 Å². The van der Waals surface area contributed by atoms with Crippen molar-refractivity contribution in [2.24, 2.45) is 0 Å². The maximum atomic E-state index is 12.7. The van der Waals surface area contributed by atoms with E-state index in [1.165, 1.54) is 11.3 Å². The molecule has 1 amide bonds. The first-order valence-corrected chi connectivity index (χ1v) is 10.8. The molecule has 5 heteroatoms. The number of hydrogen-bond acceptors (Lipinski definition) is 4. The fraction of sp³-hybridized carbons (Fsp3) is 0.385. The van der Waals surface area contributed by atoms with Crippen LogP contribution in [0.1, 0.15) is 57.6 Å². The van der Waals surface area contributed by atoms with Crippen LogP contribution < -0.4 is 15.0 Å². The van der Waals surface area contributed by atoms with Crippen LogP contribution in [0.2, 0.25) is 0 Å². The smallest absolute Gasteiger partial charge is 0.266 e. The molecule has 0 bridgehead atoms. The first-order valence-electron chi connectivity index (χ1n) is 10.8. The van der Waals surface area contributed by atoms with Crippen LogP contribution in [-0.2, 0) is 4.79 Å². The van der Waals surface area contributed by atoms with Gasteiger partial charge >= 0.3 is 0 Å². The van der Waals surface area contributed by atoms with Gasteiger partial charge in [0.25, 0.3) is 5.91 Å². The van der Waals surface area contributed by atoms with E-state index in [0.717, 1.165) is 24.9 Å². The molecule has 2 aromatic rings. The summed E-state index contributed by atoms with van der Waals surface area (Å²) in [4.78, 5) is 15.1. The van der Waals surface area contributed by atoms with E-state index >= 15 is 0 Å². The summed E-state index contributed by atoms with van der Waals surface area (Å²) in [5, 5.41) is 12.4.